The van der Waals surface area contributed by atoms with Crippen LogP contribution in [-0.2, 0) is 15.9 Å². The van der Waals surface area contributed by atoms with Crippen molar-refractivity contribution in [3.05, 3.63) is 17.3 Å². The van der Waals surface area contributed by atoms with Crippen molar-refractivity contribution < 1.29 is 32.5 Å². The molecule has 2 aromatic rings. The van der Waals surface area contributed by atoms with E-state index in [1.54, 1.807) is 0 Å². The lowest BCUT2D eigenvalue weighted by Crippen LogP contribution is -2.46. The van der Waals surface area contributed by atoms with E-state index in [9.17, 15) is 18.0 Å². The molecule has 3 N–H and O–H groups in total. The number of nitrogens with one attached hydrogen (secondary N) is 2. The van der Waals surface area contributed by atoms with Gasteiger partial charge in [-0.1, -0.05) is 0 Å². The first kappa shape index (κ1) is 21.5. The number of aromatic nitrogens is 2. The highest BCUT2D eigenvalue weighted by Crippen LogP contribution is 2.33. The molecule has 0 aromatic carbocycles. The Kier molecular flexibility index (Phi) is 6.75. The van der Waals surface area contributed by atoms with E-state index in [0.29, 0.717) is 35.3 Å². The van der Waals surface area contributed by atoms with Crippen LogP contribution in [0.2, 0.25) is 0 Å². The molecule has 1 aliphatic carbocycles. The first-order valence-electron chi connectivity index (χ1n) is 8.90. The van der Waals surface area contributed by atoms with Gasteiger partial charge >= 0.3 is 12.3 Å². The molecule has 160 valence electrons. The van der Waals surface area contributed by atoms with Crippen molar-refractivity contribution in [2.24, 2.45) is 0 Å². The van der Waals surface area contributed by atoms with E-state index in [0.717, 1.165) is 11.3 Å². The van der Waals surface area contributed by atoms with E-state index in [4.69, 9.17) is 14.6 Å². The number of nitrogens with zero attached hydrogens (tertiary/aromatic N) is 2. The number of amides is 1. The molecule has 3 rings (SSSR count). The van der Waals surface area contributed by atoms with Crippen LogP contribution in [-0.4, -0.2) is 59.4 Å². The highest BCUT2D eigenvalue weighted by Gasteiger charge is 2.32. The number of anilines is 1. The molecule has 0 aliphatic heterocycles. The van der Waals surface area contributed by atoms with E-state index in [2.05, 4.69) is 20.6 Å². The van der Waals surface area contributed by atoms with E-state index in [-0.39, 0.29) is 29.9 Å². The molecule has 8 nitrogen and oxygen atoms in total. The van der Waals surface area contributed by atoms with Crippen LogP contribution in [0.5, 0.6) is 0 Å². The molecule has 0 saturated heterocycles. The Labute approximate surface area is 168 Å². The maximum Gasteiger partial charge on any atom is 0.404 e. The Morgan fingerprint density at radius 2 is 2.07 bits per heavy atom. The van der Waals surface area contributed by atoms with Crippen molar-refractivity contribution in [3.63, 3.8) is 0 Å². The number of halogens is 3. The van der Waals surface area contributed by atoms with Crippen molar-refractivity contribution in [2.75, 3.05) is 19.2 Å². The second-order valence-electron chi connectivity index (χ2n) is 6.84. The molecule has 0 bridgehead atoms. The molecule has 1 saturated carbocycles. The number of carboxylic acid groups (broad SMARTS) is 1. The number of hydrogen-bond acceptors (Lipinski definition) is 7. The smallest absolute Gasteiger partial charge is 0.404 e. The van der Waals surface area contributed by atoms with Crippen LogP contribution in [0, 0.1) is 0 Å². The van der Waals surface area contributed by atoms with Crippen LogP contribution in [0.15, 0.2) is 12.4 Å². The molecule has 0 radical (unpaired) electrons. The average Bonchev–Trinajstić information content (AvgIpc) is 3.00. The summed E-state index contributed by atoms with van der Waals surface area (Å²) < 4.78 is 48.7. The number of methoxy groups -OCH3 is 1. The van der Waals surface area contributed by atoms with Crippen molar-refractivity contribution in [1.82, 2.24) is 15.3 Å². The second kappa shape index (κ2) is 9.09. The van der Waals surface area contributed by atoms with Gasteiger partial charge < -0.3 is 25.2 Å². The fourth-order valence-electron chi connectivity index (χ4n) is 3.48. The summed E-state index contributed by atoms with van der Waals surface area (Å²) in [5.41, 5.74) is 0. The SMILES string of the molecule is COCO[C@@H]1C[C@H](NC(=O)O)C[C@H](Nc2ncnc3sc(CC(F)(F)F)cc23)C1. The van der Waals surface area contributed by atoms with Crippen molar-refractivity contribution in [1.29, 1.82) is 0 Å². The number of carbonyl (C=O) groups is 1. The minimum Gasteiger partial charge on any atom is -0.465 e. The molecule has 2 heterocycles. The van der Waals surface area contributed by atoms with Gasteiger partial charge in [0.1, 0.15) is 23.8 Å². The summed E-state index contributed by atoms with van der Waals surface area (Å²) in [5.74, 6) is 0.422. The number of alkyl halides is 3. The summed E-state index contributed by atoms with van der Waals surface area (Å²) in [6.07, 6.45) is -3.81. The van der Waals surface area contributed by atoms with Crippen LogP contribution < -0.4 is 10.6 Å². The molecule has 12 heteroatoms. The summed E-state index contributed by atoms with van der Waals surface area (Å²) in [6, 6.07) is 0.928. The monoisotopic (exact) mass is 434 g/mol. The summed E-state index contributed by atoms with van der Waals surface area (Å²) in [4.78, 5) is 19.9. The Bertz CT molecular complexity index is 848. The highest BCUT2D eigenvalue weighted by atomic mass is 32.1. The number of rotatable bonds is 7. The third kappa shape index (κ3) is 6.15. The lowest BCUT2D eigenvalue weighted by molar-refractivity contribution is -0.126. The predicted octanol–water partition coefficient (Wildman–Crippen LogP) is 3.39. The van der Waals surface area contributed by atoms with Crippen molar-refractivity contribution in [2.45, 2.75) is 50.0 Å². The largest absolute Gasteiger partial charge is 0.465 e. The molecule has 0 spiro atoms. The normalized spacial score (nSPS) is 22.6. The Hall–Kier alpha value is -2.18. The van der Waals surface area contributed by atoms with Gasteiger partial charge in [-0.25, -0.2) is 14.8 Å². The van der Waals surface area contributed by atoms with Gasteiger partial charge in [0.25, 0.3) is 0 Å². The van der Waals surface area contributed by atoms with E-state index in [1.165, 1.54) is 19.5 Å². The van der Waals surface area contributed by atoms with Gasteiger partial charge in [-0.15, -0.1) is 11.3 Å². The molecule has 1 fully saturated rings. The zero-order valence-electron chi connectivity index (χ0n) is 15.5. The quantitative estimate of drug-likeness (QED) is 0.574. The molecule has 1 aliphatic rings. The standard InChI is InChI=1S/C17H21F3N4O4S/c1-27-8-28-11-3-9(2-10(4-11)24-16(25)26)23-14-13-5-12(6-17(18,19)20)29-15(13)22-7-21-14/h5,7,9-11,24H,2-4,6,8H2,1H3,(H,25,26)(H,21,22,23)/t9-,10+,11-/m0/s1. The van der Waals surface area contributed by atoms with E-state index < -0.39 is 18.7 Å². The van der Waals surface area contributed by atoms with E-state index >= 15 is 0 Å². The molecular formula is C17H21F3N4O4S. The summed E-state index contributed by atoms with van der Waals surface area (Å²) in [6.45, 7) is 0.0836. The Balaban J connectivity index is 1.77. The first-order chi connectivity index (χ1) is 13.7. The summed E-state index contributed by atoms with van der Waals surface area (Å²) in [5, 5.41) is 15.2. The van der Waals surface area contributed by atoms with Gasteiger partial charge in [0.15, 0.2) is 0 Å². The third-order valence-electron chi connectivity index (χ3n) is 4.51. The lowest BCUT2D eigenvalue weighted by Gasteiger charge is -2.35. The van der Waals surface area contributed by atoms with Crippen LogP contribution in [0.1, 0.15) is 24.1 Å². The minimum atomic E-state index is -4.30. The average molecular weight is 434 g/mol. The highest BCUT2D eigenvalue weighted by molar-refractivity contribution is 7.18. The zero-order chi connectivity index (χ0) is 21.0. The first-order valence-corrected chi connectivity index (χ1v) is 9.72. The fraction of sp³-hybridized carbons (Fsp3) is 0.588. The second-order valence-corrected chi connectivity index (χ2v) is 7.95. The number of thiophene rings is 1. The molecule has 2 aromatic heterocycles. The molecule has 29 heavy (non-hydrogen) atoms. The fourth-order valence-corrected chi connectivity index (χ4v) is 4.50. The maximum absolute atomic E-state index is 12.7. The van der Waals surface area contributed by atoms with Gasteiger partial charge in [-0.2, -0.15) is 13.2 Å². The molecule has 3 atom stereocenters. The number of ether oxygens (including phenoxy) is 2. The number of hydrogen-bond donors (Lipinski definition) is 3. The molecular weight excluding hydrogens is 413 g/mol. The molecule has 1 amide bonds. The lowest BCUT2D eigenvalue weighted by atomic mass is 9.88. The Morgan fingerprint density at radius 1 is 1.31 bits per heavy atom. The van der Waals surface area contributed by atoms with Gasteiger partial charge in [-0.3, -0.25) is 0 Å². The maximum atomic E-state index is 12.7. The predicted molar refractivity (Wildman–Crippen MR) is 100 cm³/mol. The third-order valence-corrected chi connectivity index (χ3v) is 5.55. The van der Waals surface area contributed by atoms with Gasteiger partial charge in [0, 0.05) is 24.1 Å². The van der Waals surface area contributed by atoms with Crippen LogP contribution in [0.25, 0.3) is 10.2 Å². The van der Waals surface area contributed by atoms with Crippen LogP contribution >= 0.6 is 11.3 Å². The van der Waals surface area contributed by atoms with Gasteiger partial charge in [-0.05, 0) is 25.3 Å². The van der Waals surface area contributed by atoms with Crippen molar-refractivity contribution in [3.8, 4) is 0 Å². The minimum absolute atomic E-state index is 0.0836. The van der Waals surface area contributed by atoms with Gasteiger partial charge in [0.2, 0.25) is 0 Å². The van der Waals surface area contributed by atoms with Crippen molar-refractivity contribution >= 4 is 33.5 Å². The van der Waals surface area contributed by atoms with Gasteiger partial charge in [0.05, 0.1) is 17.9 Å². The Morgan fingerprint density at radius 3 is 2.76 bits per heavy atom. The van der Waals surface area contributed by atoms with Crippen LogP contribution in [0.4, 0.5) is 23.8 Å². The molecule has 0 unspecified atom stereocenters. The van der Waals surface area contributed by atoms with E-state index in [1.807, 2.05) is 0 Å². The zero-order valence-corrected chi connectivity index (χ0v) is 16.3. The topological polar surface area (TPSA) is 106 Å². The summed E-state index contributed by atoms with van der Waals surface area (Å²) in [7, 11) is 1.50. The number of fused-ring (bicyclic) bond motifs is 1. The summed E-state index contributed by atoms with van der Waals surface area (Å²) >= 11 is 0.979. The van der Waals surface area contributed by atoms with Crippen LogP contribution in [0.3, 0.4) is 0 Å².